The number of amides is 1. The first-order valence-electron chi connectivity index (χ1n) is 7.57. The molecule has 6 nitrogen and oxygen atoms in total. The fourth-order valence-electron chi connectivity index (χ4n) is 2.31. The molecule has 2 aromatic rings. The molecule has 0 spiro atoms. The first-order chi connectivity index (χ1) is 12.0. The van der Waals surface area contributed by atoms with E-state index in [1.165, 1.54) is 7.11 Å². The van der Waals surface area contributed by atoms with Gasteiger partial charge in [0.2, 0.25) is 0 Å². The molecule has 2 rings (SSSR count). The number of nitriles is 1. The molecule has 1 unspecified atom stereocenters. The van der Waals surface area contributed by atoms with Crippen molar-refractivity contribution in [3.63, 3.8) is 0 Å². The maximum Gasteiger partial charge on any atom is 0.336 e. The highest BCUT2D eigenvalue weighted by Gasteiger charge is 2.38. The Bertz CT molecular complexity index is 781. The molecule has 0 heterocycles. The van der Waals surface area contributed by atoms with E-state index in [-0.39, 0.29) is 6.61 Å². The zero-order valence-corrected chi connectivity index (χ0v) is 14.0. The molecule has 6 heteroatoms. The summed E-state index contributed by atoms with van der Waals surface area (Å²) in [6.45, 7) is 1.30. The molecule has 1 amide bonds. The van der Waals surface area contributed by atoms with Crippen LogP contribution in [0.3, 0.4) is 0 Å². The zero-order valence-electron chi connectivity index (χ0n) is 14.0. The third-order valence-corrected chi connectivity index (χ3v) is 3.69. The molecule has 128 valence electrons. The van der Waals surface area contributed by atoms with Crippen LogP contribution >= 0.6 is 0 Å². The highest BCUT2D eigenvalue weighted by Crippen LogP contribution is 2.22. The molecule has 0 aromatic heterocycles. The second kappa shape index (κ2) is 7.97. The number of nitrogens with zero attached hydrogens (tertiary/aromatic N) is 1. The Morgan fingerprint density at radius 2 is 1.76 bits per heavy atom. The van der Waals surface area contributed by atoms with Crippen LogP contribution in [0.25, 0.3) is 0 Å². The highest BCUT2D eigenvalue weighted by atomic mass is 16.5. The number of esters is 1. The number of hydrogen-bond acceptors (Lipinski definition) is 5. The fourth-order valence-corrected chi connectivity index (χ4v) is 2.31. The van der Waals surface area contributed by atoms with Gasteiger partial charge in [-0.05, 0) is 36.8 Å². The molecule has 1 atom stereocenters. The lowest BCUT2D eigenvalue weighted by Gasteiger charge is -2.28. The summed E-state index contributed by atoms with van der Waals surface area (Å²) in [4.78, 5) is 24.5. The lowest BCUT2D eigenvalue weighted by molar-refractivity contribution is -0.151. The van der Waals surface area contributed by atoms with Crippen molar-refractivity contribution in [1.82, 2.24) is 5.32 Å². The van der Waals surface area contributed by atoms with Gasteiger partial charge in [0.1, 0.15) is 5.75 Å². The van der Waals surface area contributed by atoms with Crippen molar-refractivity contribution in [3.05, 3.63) is 65.7 Å². The van der Waals surface area contributed by atoms with Gasteiger partial charge in [0.15, 0.2) is 12.1 Å². The van der Waals surface area contributed by atoms with Gasteiger partial charge in [-0.15, -0.1) is 0 Å². The van der Waals surface area contributed by atoms with Crippen LogP contribution in [0, 0.1) is 11.3 Å². The van der Waals surface area contributed by atoms with Gasteiger partial charge < -0.3 is 14.8 Å². The van der Waals surface area contributed by atoms with Crippen LogP contribution in [0.5, 0.6) is 5.75 Å². The van der Waals surface area contributed by atoms with Crippen molar-refractivity contribution in [2.24, 2.45) is 0 Å². The Balaban J connectivity index is 2.07. The number of methoxy groups -OCH3 is 1. The van der Waals surface area contributed by atoms with Crippen LogP contribution in [0.15, 0.2) is 54.6 Å². The van der Waals surface area contributed by atoms with Crippen molar-refractivity contribution >= 4 is 11.9 Å². The monoisotopic (exact) mass is 338 g/mol. The molecule has 0 bridgehead atoms. The van der Waals surface area contributed by atoms with Gasteiger partial charge in [0, 0.05) is 0 Å². The van der Waals surface area contributed by atoms with Crippen molar-refractivity contribution < 1.29 is 19.1 Å². The second-order valence-electron chi connectivity index (χ2n) is 5.46. The zero-order chi connectivity index (χ0) is 18.3. The smallest absolute Gasteiger partial charge is 0.336 e. The van der Waals surface area contributed by atoms with E-state index in [1.807, 2.05) is 12.1 Å². The van der Waals surface area contributed by atoms with E-state index in [1.54, 1.807) is 55.5 Å². The molecule has 0 aliphatic rings. The molecule has 0 saturated heterocycles. The minimum absolute atomic E-state index is 0.273. The number of hydrogen-bond donors (Lipinski definition) is 1. The molecule has 1 N–H and O–H groups in total. The summed E-state index contributed by atoms with van der Waals surface area (Å²) in [5.74, 6) is -0.597. The minimum atomic E-state index is -1.32. The fraction of sp³-hybridized carbons (Fsp3) is 0.211. The lowest BCUT2D eigenvalue weighted by atomic mass is 9.92. The van der Waals surface area contributed by atoms with Gasteiger partial charge in [-0.2, -0.15) is 5.26 Å². The minimum Gasteiger partial charge on any atom is -0.484 e. The predicted molar refractivity (Wildman–Crippen MR) is 90.6 cm³/mol. The normalized spacial score (nSPS) is 12.4. The van der Waals surface area contributed by atoms with Crippen LogP contribution in [0.1, 0.15) is 18.1 Å². The SMILES string of the molecule is COC(=O)C(C)(NC(=O)COc1ccc(C#N)cc1)c1ccccc1. The van der Waals surface area contributed by atoms with Gasteiger partial charge in [0.25, 0.3) is 5.91 Å². The van der Waals surface area contributed by atoms with E-state index < -0.39 is 17.4 Å². The topological polar surface area (TPSA) is 88.4 Å². The maximum absolute atomic E-state index is 12.3. The molecule has 0 fully saturated rings. The van der Waals surface area contributed by atoms with Crippen molar-refractivity contribution in [2.75, 3.05) is 13.7 Å². The van der Waals surface area contributed by atoms with Gasteiger partial charge in [-0.1, -0.05) is 30.3 Å². The third-order valence-electron chi connectivity index (χ3n) is 3.69. The summed E-state index contributed by atoms with van der Waals surface area (Å²) in [6, 6.07) is 17.2. The maximum atomic E-state index is 12.3. The Labute approximate surface area is 146 Å². The Morgan fingerprint density at radius 3 is 2.32 bits per heavy atom. The molecule has 0 radical (unpaired) electrons. The van der Waals surface area contributed by atoms with Crippen molar-refractivity contribution in [2.45, 2.75) is 12.5 Å². The van der Waals surface area contributed by atoms with Crippen LogP contribution in [-0.2, 0) is 19.9 Å². The van der Waals surface area contributed by atoms with Crippen LogP contribution in [0.2, 0.25) is 0 Å². The average molecular weight is 338 g/mol. The van der Waals surface area contributed by atoms with Crippen molar-refractivity contribution in [3.8, 4) is 11.8 Å². The van der Waals surface area contributed by atoms with Crippen LogP contribution < -0.4 is 10.1 Å². The van der Waals surface area contributed by atoms with Gasteiger partial charge in [-0.25, -0.2) is 4.79 Å². The summed E-state index contributed by atoms with van der Waals surface area (Å²) < 4.78 is 10.2. The quantitative estimate of drug-likeness (QED) is 0.815. The molecular formula is C19H18N2O4. The number of carbonyl (C=O) groups excluding carboxylic acids is 2. The van der Waals surface area contributed by atoms with E-state index in [0.29, 0.717) is 16.9 Å². The molecule has 0 aliphatic heterocycles. The third kappa shape index (κ3) is 4.36. The molecular weight excluding hydrogens is 320 g/mol. The number of ether oxygens (including phenoxy) is 2. The van der Waals surface area contributed by atoms with Crippen LogP contribution in [-0.4, -0.2) is 25.6 Å². The summed E-state index contributed by atoms with van der Waals surface area (Å²) >= 11 is 0. The van der Waals surface area contributed by atoms with E-state index in [9.17, 15) is 9.59 Å². The first kappa shape index (κ1) is 18.0. The Hall–Kier alpha value is -3.33. The van der Waals surface area contributed by atoms with Gasteiger partial charge in [-0.3, -0.25) is 4.79 Å². The van der Waals surface area contributed by atoms with E-state index in [4.69, 9.17) is 14.7 Å². The predicted octanol–water partition coefficient (Wildman–Crippen LogP) is 2.14. The summed E-state index contributed by atoms with van der Waals surface area (Å²) in [5, 5.41) is 11.4. The van der Waals surface area contributed by atoms with E-state index >= 15 is 0 Å². The van der Waals surface area contributed by atoms with Gasteiger partial charge >= 0.3 is 5.97 Å². The average Bonchev–Trinajstić information content (AvgIpc) is 2.66. The van der Waals surface area contributed by atoms with Crippen LogP contribution in [0.4, 0.5) is 0 Å². The number of carbonyl (C=O) groups is 2. The summed E-state index contributed by atoms with van der Waals surface area (Å²) in [7, 11) is 1.27. The summed E-state index contributed by atoms with van der Waals surface area (Å²) in [6.07, 6.45) is 0. The number of benzene rings is 2. The standard InChI is InChI=1S/C19H18N2O4/c1-19(18(23)24-2,15-6-4-3-5-7-15)21-17(22)13-25-16-10-8-14(12-20)9-11-16/h3-11H,13H2,1-2H3,(H,21,22). The lowest BCUT2D eigenvalue weighted by Crippen LogP contribution is -2.51. The second-order valence-corrected chi connectivity index (χ2v) is 5.46. The van der Waals surface area contributed by atoms with Crippen molar-refractivity contribution in [1.29, 1.82) is 5.26 Å². The number of nitrogens with one attached hydrogen (secondary N) is 1. The molecule has 0 saturated carbocycles. The number of rotatable bonds is 6. The first-order valence-corrected chi connectivity index (χ1v) is 7.57. The van der Waals surface area contributed by atoms with E-state index in [2.05, 4.69) is 5.32 Å². The molecule has 25 heavy (non-hydrogen) atoms. The highest BCUT2D eigenvalue weighted by molar-refractivity contribution is 5.89. The Morgan fingerprint density at radius 1 is 1.12 bits per heavy atom. The largest absolute Gasteiger partial charge is 0.484 e. The van der Waals surface area contributed by atoms with E-state index in [0.717, 1.165) is 0 Å². The summed E-state index contributed by atoms with van der Waals surface area (Å²) in [5.41, 5.74) is -0.214. The molecule has 0 aliphatic carbocycles. The Kier molecular flexibility index (Phi) is 5.75. The van der Waals surface area contributed by atoms with Gasteiger partial charge in [0.05, 0.1) is 18.7 Å². The molecule has 2 aromatic carbocycles.